The number of nitro benzene ring substituents is 1. The molecule has 0 spiro atoms. The van der Waals surface area contributed by atoms with E-state index in [1.165, 1.54) is 6.07 Å². The third-order valence-electron chi connectivity index (χ3n) is 5.17. The number of ether oxygens (including phenoxy) is 1. The van der Waals surface area contributed by atoms with Gasteiger partial charge in [0.1, 0.15) is 11.4 Å². The standard InChI is InChI=1S/C20H19BrN2O3/c1-2-26-12-10-16-13-7-5-8-14(13)19(15-6-3-4-9-17(15)21)22-20(16)18(11-12)23(24)25/h3-7,9-11,13-14,19,22H,2,8H2,1H3/t13-,14+,19+/m1/s1. The van der Waals surface area contributed by atoms with E-state index < -0.39 is 0 Å². The summed E-state index contributed by atoms with van der Waals surface area (Å²) in [5.74, 6) is 1.01. The first-order valence-electron chi connectivity index (χ1n) is 8.73. The lowest BCUT2D eigenvalue weighted by molar-refractivity contribution is -0.384. The third-order valence-corrected chi connectivity index (χ3v) is 5.89. The highest BCUT2D eigenvalue weighted by Gasteiger charge is 2.41. The van der Waals surface area contributed by atoms with Gasteiger partial charge in [0.05, 0.1) is 23.6 Å². The molecule has 2 aromatic rings. The predicted octanol–water partition coefficient (Wildman–Crippen LogP) is 5.58. The molecule has 1 aliphatic heterocycles. The maximum absolute atomic E-state index is 11.7. The Kier molecular flexibility index (Phi) is 4.44. The molecule has 3 atom stereocenters. The maximum Gasteiger partial charge on any atom is 0.296 e. The first-order valence-corrected chi connectivity index (χ1v) is 9.52. The summed E-state index contributed by atoms with van der Waals surface area (Å²) in [6.07, 6.45) is 5.29. The molecule has 0 saturated heterocycles. The Labute approximate surface area is 160 Å². The van der Waals surface area contributed by atoms with E-state index in [1.54, 1.807) is 0 Å². The molecule has 26 heavy (non-hydrogen) atoms. The van der Waals surface area contributed by atoms with Gasteiger partial charge in [-0.25, -0.2) is 0 Å². The zero-order chi connectivity index (χ0) is 18.3. The Morgan fingerprint density at radius 3 is 2.85 bits per heavy atom. The van der Waals surface area contributed by atoms with Crippen LogP contribution < -0.4 is 10.1 Å². The van der Waals surface area contributed by atoms with Crippen LogP contribution in [0, 0.1) is 16.0 Å². The fraction of sp³-hybridized carbons (Fsp3) is 0.300. The Hall–Kier alpha value is -2.34. The number of nitro groups is 1. The largest absolute Gasteiger partial charge is 0.494 e. The van der Waals surface area contributed by atoms with Crippen molar-refractivity contribution in [2.75, 3.05) is 11.9 Å². The molecule has 0 unspecified atom stereocenters. The molecule has 1 aliphatic carbocycles. The number of hydrogen-bond acceptors (Lipinski definition) is 4. The molecule has 1 heterocycles. The summed E-state index contributed by atoms with van der Waals surface area (Å²) in [5, 5.41) is 15.2. The van der Waals surface area contributed by atoms with E-state index in [4.69, 9.17) is 4.74 Å². The molecule has 2 aromatic carbocycles. The van der Waals surface area contributed by atoms with E-state index in [2.05, 4.69) is 39.5 Å². The second-order valence-corrected chi connectivity index (χ2v) is 7.45. The summed E-state index contributed by atoms with van der Waals surface area (Å²) in [6, 6.07) is 11.5. The average molecular weight is 415 g/mol. The molecule has 0 aromatic heterocycles. The molecule has 0 amide bonds. The number of rotatable bonds is 4. The number of benzene rings is 2. The van der Waals surface area contributed by atoms with Crippen LogP contribution in [0.15, 0.2) is 53.0 Å². The molecule has 6 heteroatoms. The van der Waals surface area contributed by atoms with Crippen molar-refractivity contribution in [3.8, 4) is 5.75 Å². The van der Waals surface area contributed by atoms with Gasteiger partial charge in [-0.1, -0.05) is 46.3 Å². The molecule has 5 nitrogen and oxygen atoms in total. The minimum atomic E-state index is -0.329. The van der Waals surface area contributed by atoms with Crippen molar-refractivity contribution < 1.29 is 9.66 Å². The van der Waals surface area contributed by atoms with Crippen molar-refractivity contribution in [3.05, 3.63) is 74.3 Å². The molecule has 2 aliphatic rings. The van der Waals surface area contributed by atoms with Gasteiger partial charge in [0, 0.05) is 10.4 Å². The Bertz CT molecular complexity index is 897. The van der Waals surface area contributed by atoms with Crippen molar-refractivity contribution in [3.63, 3.8) is 0 Å². The van der Waals surface area contributed by atoms with Gasteiger partial charge in [-0.2, -0.15) is 0 Å². The van der Waals surface area contributed by atoms with Crippen molar-refractivity contribution in [2.45, 2.75) is 25.3 Å². The molecular formula is C20H19BrN2O3. The van der Waals surface area contributed by atoms with E-state index in [-0.39, 0.29) is 22.6 Å². The highest BCUT2D eigenvalue weighted by molar-refractivity contribution is 9.10. The van der Waals surface area contributed by atoms with Crippen LogP contribution in [-0.2, 0) is 0 Å². The molecule has 1 N–H and O–H groups in total. The maximum atomic E-state index is 11.7. The molecule has 0 bridgehead atoms. The molecule has 0 radical (unpaired) electrons. The average Bonchev–Trinajstić information content (AvgIpc) is 3.11. The summed E-state index contributed by atoms with van der Waals surface area (Å²) in [5.41, 5.74) is 2.75. The fourth-order valence-corrected chi connectivity index (χ4v) is 4.62. The zero-order valence-electron chi connectivity index (χ0n) is 14.3. The molecule has 4 rings (SSSR count). The first kappa shape index (κ1) is 17.1. The molecule has 0 fully saturated rings. The molecular weight excluding hydrogens is 396 g/mol. The Morgan fingerprint density at radius 2 is 2.12 bits per heavy atom. The van der Waals surface area contributed by atoms with Gasteiger partial charge in [0.15, 0.2) is 0 Å². The number of allylic oxidation sites excluding steroid dienone is 2. The predicted molar refractivity (Wildman–Crippen MR) is 105 cm³/mol. The van der Waals surface area contributed by atoms with Crippen molar-refractivity contribution in [1.82, 2.24) is 0 Å². The van der Waals surface area contributed by atoms with Crippen LogP contribution in [0.1, 0.15) is 36.4 Å². The number of nitrogens with one attached hydrogen (secondary N) is 1. The van der Waals surface area contributed by atoms with Gasteiger partial charge in [-0.3, -0.25) is 10.1 Å². The van der Waals surface area contributed by atoms with Gasteiger partial charge >= 0.3 is 0 Å². The van der Waals surface area contributed by atoms with Crippen LogP contribution in [0.2, 0.25) is 0 Å². The minimum absolute atomic E-state index is 0.00900. The minimum Gasteiger partial charge on any atom is -0.494 e. The van der Waals surface area contributed by atoms with Crippen molar-refractivity contribution >= 4 is 27.3 Å². The van der Waals surface area contributed by atoms with E-state index in [0.29, 0.717) is 24.0 Å². The Morgan fingerprint density at radius 1 is 1.31 bits per heavy atom. The van der Waals surface area contributed by atoms with E-state index in [1.807, 2.05) is 31.2 Å². The van der Waals surface area contributed by atoms with Crippen LogP contribution in [-0.4, -0.2) is 11.5 Å². The summed E-state index contributed by atoms with van der Waals surface area (Å²) >= 11 is 3.63. The second kappa shape index (κ2) is 6.76. The number of halogens is 1. The van der Waals surface area contributed by atoms with E-state index in [9.17, 15) is 10.1 Å². The van der Waals surface area contributed by atoms with E-state index in [0.717, 1.165) is 22.0 Å². The van der Waals surface area contributed by atoms with Crippen LogP contribution in [0.5, 0.6) is 5.75 Å². The number of hydrogen-bond donors (Lipinski definition) is 1. The van der Waals surface area contributed by atoms with Crippen LogP contribution in [0.3, 0.4) is 0 Å². The summed E-state index contributed by atoms with van der Waals surface area (Å²) in [6.45, 7) is 2.36. The van der Waals surface area contributed by atoms with Gasteiger partial charge in [0.2, 0.25) is 0 Å². The highest BCUT2D eigenvalue weighted by atomic mass is 79.9. The summed E-state index contributed by atoms with van der Waals surface area (Å²) < 4.78 is 6.59. The van der Waals surface area contributed by atoms with Gasteiger partial charge in [0.25, 0.3) is 5.69 Å². The van der Waals surface area contributed by atoms with Gasteiger partial charge in [-0.05, 0) is 42.5 Å². The monoisotopic (exact) mass is 414 g/mol. The zero-order valence-corrected chi connectivity index (χ0v) is 15.9. The lowest BCUT2D eigenvalue weighted by Gasteiger charge is -2.37. The Balaban J connectivity index is 1.87. The highest BCUT2D eigenvalue weighted by Crippen LogP contribution is 2.53. The normalized spacial score (nSPS) is 23.1. The van der Waals surface area contributed by atoms with Crippen molar-refractivity contribution in [2.24, 2.45) is 5.92 Å². The van der Waals surface area contributed by atoms with Crippen LogP contribution in [0.4, 0.5) is 11.4 Å². The number of anilines is 1. The summed E-state index contributed by atoms with van der Waals surface area (Å²) in [7, 11) is 0. The molecule has 0 saturated carbocycles. The second-order valence-electron chi connectivity index (χ2n) is 6.59. The first-order chi connectivity index (χ1) is 12.6. The SMILES string of the molecule is CCOc1cc2c(c([N+](=O)[O-])c1)N[C@H](c1ccccc1Br)[C@H]1CC=C[C@@H]21. The third kappa shape index (κ3) is 2.78. The number of fused-ring (bicyclic) bond motifs is 3. The topological polar surface area (TPSA) is 64.4 Å². The van der Waals surface area contributed by atoms with Crippen LogP contribution >= 0.6 is 15.9 Å². The van der Waals surface area contributed by atoms with Crippen LogP contribution in [0.25, 0.3) is 0 Å². The van der Waals surface area contributed by atoms with Crippen molar-refractivity contribution in [1.29, 1.82) is 0 Å². The lowest BCUT2D eigenvalue weighted by atomic mass is 9.76. The fourth-order valence-electron chi connectivity index (χ4n) is 4.08. The quantitative estimate of drug-likeness (QED) is 0.402. The lowest BCUT2D eigenvalue weighted by Crippen LogP contribution is -2.30. The van der Waals surface area contributed by atoms with E-state index >= 15 is 0 Å². The van der Waals surface area contributed by atoms with Gasteiger partial charge in [-0.15, -0.1) is 0 Å². The number of nitrogens with zero attached hydrogens (tertiary/aromatic N) is 1. The molecule has 134 valence electrons. The van der Waals surface area contributed by atoms with Gasteiger partial charge < -0.3 is 10.1 Å². The smallest absolute Gasteiger partial charge is 0.296 e. The summed E-state index contributed by atoms with van der Waals surface area (Å²) in [4.78, 5) is 11.4.